The first-order valence-corrected chi connectivity index (χ1v) is 8.50. The highest BCUT2D eigenvalue weighted by atomic mass is 16.5. The van der Waals surface area contributed by atoms with Crippen molar-refractivity contribution in [3.05, 3.63) is 29.8 Å². The summed E-state index contributed by atoms with van der Waals surface area (Å²) in [5.74, 6) is 0.766. The van der Waals surface area contributed by atoms with Gasteiger partial charge in [-0.1, -0.05) is 31.0 Å². The van der Waals surface area contributed by atoms with E-state index < -0.39 is 0 Å². The predicted molar refractivity (Wildman–Crippen MR) is 92.9 cm³/mol. The number of benzene rings is 1. The molecule has 1 aromatic rings. The summed E-state index contributed by atoms with van der Waals surface area (Å²) >= 11 is 0. The van der Waals surface area contributed by atoms with Gasteiger partial charge in [0.05, 0.1) is 13.7 Å². The lowest BCUT2D eigenvalue weighted by atomic mass is 10.2. The summed E-state index contributed by atoms with van der Waals surface area (Å²) in [5.41, 5.74) is 0.941. The number of ether oxygens (including phenoxy) is 1. The van der Waals surface area contributed by atoms with Gasteiger partial charge in [0.2, 0.25) is 5.91 Å². The third kappa shape index (κ3) is 5.44. The van der Waals surface area contributed by atoms with E-state index in [9.17, 15) is 9.59 Å². The van der Waals surface area contributed by atoms with Gasteiger partial charge in [-0.3, -0.25) is 4.79 Å². The molecule has 6 heteroatoms. The normalized spacial score (nSPS) is 14.2. The Bertz CT molecular complexity index is 556. The van der Waals surface area contributed by atoms with Gasteiger partial charge in [0.1, 0.15) is 5.75 Å². The Morgan fingerprint density at radius 1 is 1.25 bits per heavy atom. The van der Waals surface area contributed by atoms with Crippen molar-refractivity contribution in [2.75, 3.05) is 20.7 Å². The lowest BCUT2D eigenvalue weighted by molar-refractivity contribution is -0.121. The maximum Gasteiger partial charge on any atom is 0.317 e. The molecule has 2 rings (SSSR count). The summed E-state index contributed by atoms with van der Waals surface area (Å²) in [5, 5.41) is 5.80. The van der Waals surface area contributed by atoms with E-state index in [1.807, 2.05) is 24.3 Å². The molecule has 0 heterocycles. The molecule has 1 aliphatic rings. The van der Waals surface area contributed by atoms with Gasteiger partial charge in [-0.15, -0.1) is 0 Å². The topological polar surface area (TPSA) is 70.7 Å². The van der Waals surface area contributed by atoms with E-state index >= 15 is 0 Å². The molecule has 1 saturated carbocycles. The van der Waals surface area contributed by atoms with Gasteiger partial charge in [0, 0.05) is 31.6 Å². The van der Waals surface area contributed by atoms with Crippen molar-refractivity contribution in [2.45, 2.75) is 44.7 Å². The minimum absolute atomic E-state index is 0.00887. The Morgan fingerprint density at radius 3 is 2.67 bits per heavy atom. The van der Waals surface area contributed by atoms with Crippen LogP contribution in [0.2, 0.25) is 0 Å². The van der Waals surface area contributed by atoms with Crippen molar-refractivity contribution in [3.8, 4) is 5.75 Å². The van der Waals surface area contributed by atoms with Crippen LogP contribution in [0.25, 0.3) is 0 Å². The fraction of sp³-hybridized carbons (Fsp3) is 0.556. The fourth-order valence-electron chi connectivity index (χ4n) is 2.95. The molecule has 0 radical (unpaired) electrons. The van der Waals surface area contributed by atoms with Crippen LogP contribution in [0, 0.1) is 0 Å². The highest BCUT2D eigenvalue weighted by molar-refractivity contribution is 5.78. The highest BCUT2D eigenvalue weighted by Gasteiger charge is 2.17. The van der Waals surface area contributed by atoms with Crippen LogP contribution >= 0.6 is 0 Å². The zero-order valence-electron chi connectivity index (χ0n) is 14.5. The number of amides is 3. The zero-order chi connectivity index (χ0) is 17.4. The largest absolute Gasteiger partial charge is 0.496 e. The number of carbonyl (C=O) groups is 2. The molecule has 0 unspecified atom stereocenters. The van der Waals surface area contributed by atoms with E-state index in [1.165, 1.54) is 12.8 Å². The number of para-hydroxylation sites is 1. The van der Waals surface area contributed by atoms with Crippen LogP contribution < -0.4 is 15.4 Å². The van der Waals surface area contributed by atoms with Crippen molar-refractivity contribution in [3.63, 3.8) is 0 Å². The van der Waals surface area contributed by atoms with Crippen molar-refractivity contribution in [1.29, 1.82) is 0 Å². The number of carbonyl (C=O) groups excluding carboxylic acids is 2. The van der Waals surface area contributed by atoms with Crippen molar-refractivity contribution in [1.82, 2.24) is 15.5 Å². The molecule has 1 fully saturated rings. The molecule has 0 aliphatic heterocycles. The van der Waals surface area contributed by atoms with Gasteiger partial charge in [-0.05, 0) is 18.9 Å². The van der Waals surface area contributed by atoms with Crippen molar-refractivity contribution >= 4 is 11.9 Å². The molecule has 6 nitrogen and oxygen atoms in total. The Morgan fingerprint density at radius 2 is 1.96 bits per heavy atom. The van der Waals surface area contributed by atoms with Crippen LogP contribution in [-0.4, -0.2) is 43.6 Å². The molecule has 0 atom stereocenters. The Hall–Kier alpha value is -2.24. The first-order chi connectivity index (χ1) is 11.6. The summed E-state index contributed by atoms with van der Waals surface area (Å²) in [6.07, 6.45) is 4.83. The second-order valence-corrected chi connectivity index (χ2v) is 6.20. The van der Waals surface area contributed by atoms with Crippen LogP contribution in [0.3, 0.4) is 0 Å². The quantitative estimate of drug-likeness (QED) is 0.804. The number of hydrogen-bond acceptors (Lipinski definition) is 3. The van der Waals surface area contributed by atoms with Crippen LogP contribution in [0.1, 0.15) is 37.7 Å². The Labute approximate surface area is 143 Å². The number of hydrogen-bond donors (Lipinski definition) is 2. The average Bonchev–Trinajstić information content (AvgIpc) is 3.08. The van der Waals surface area contributed by atoms with Crippen LogP contribution in [0.15, 0.2) is 24.3 Å². The van der Waals surface area contributed by atoms with E-state index in [2.05, 4.69) is 10.6 Å². The molecular formula is C18H27N3O3. The van der Waals surface area contributed by atoms with Gasteiger partial charge >= 0.3 is 6.03 Å². The molecule has 0 saturated heterocycles. The lowest BCUT2D eigenvalue weighted by Crippen LogP contribution is -2.40. The maximum atomic E-state index is 12.1. The summed E-state index contributed by atoms with van der Waals surface area (Å²) in [4.78, 5) is 25.5. The summed E-state index contributed by atoms with van der Waals surface area (Å²) in [7, 11) is 3.34. The molecular weight excluding hydrogens is 306 g/mol. The highest BCUT2D eigenvalue weighted by Crippen LogP contribution is 2.19. The third-order valence-electron chi connectivity index (χ3n) is 4.30. The summed E-state index contributed by atoms with van der Waals surface area (Å²) in [6.45, 7) is 0.789. The Balaban J connectivity index is 1.70. The summed E-state index contributed by atoms with van der Waals surface area (Å²) < 4.78 is 5.29. The minimum atomic E-state index is -0.199. The fourth-order valence-corrected chi connectivity index (χ4v) is 2.95. The monoisotopic (exact) mass is 333 g/mol. The molecule has 24 heavy (non-hydrogen) atoms. The molecule has 1 aromatic carbocycles. The standard InChI is InChI=1S/C18H27N3O3/c1-21(13-14-7-3-6-10-16(14)24-2)18(23)19-12-11-17(22)20-15-8-4-5-9-15/h3,6-7,10,15H,4-5,8-9,11-13H2,1-2H3,(H,19,23)(H,20,22). The van der Waals surface area contributed by atoms with E-state index in [4.69, 9.17) is 4.74 Å². The molecule has 0 spiro atoms. The summed E-state index contributed by atoms with van der Waals surface area (Å²) in [6, 6.07) is 7.73. The average molecular weight is 333 g/mol. The van der Waals surface area contributed by atoms with Crippen molar-refractivity contribution in [2.24, 2.45) is 0 Å². The Kier molecular flexibility index (Phi) is 6.90. The number of nitrogens with one attached hydrogen (secondary N) is 2. The SMILES string of the molecule is COc1ccccc1CN(C)C(=O)NCCC(=O)NC1CCCC1. The number of rotatable bonds is 7. The van der Waals surface area contributed by atoms with E-state index in [1.54, 1.807) is 19.1 Å². The second-order valence-electron chi connectivity index (χ2n) is 6.20. The van der Waals surface area contributed by atoms with E-state index in [0.717, 1.165) is 24.2 Å². The molecule has 1 aliphatic carbocycles. The van der Waals surface area contributed by atoms with Gasteiger partial charge in [-0.2, -0.15) is 0 Å². The molecule has 132 valence electrons. The second kappa shape index (κ2) is 9.15. The van der Waals surface area contributed by atoms with E-state index in [0.29, 0.717) is 25.6 Å². The molecule has 3 amide bonds. The smallest absolute Gasteiger partial charge is 0.317 e. The third-order valence-corrected chi connectivity index (χ3v) is 4.30. The van der Waals surface area contributed by atoms with Gasteiger partial charge in [0.15, 0.2) is 0 Å². The molecule has 2 N–H and O–H groups in total. The van der Waals surface area contributed by atoms with Crippen LogP contribution in [-0.2, 0) is 11.3 Å². The first kappa shape index (κ1) is 18.1. The van der Waals surface area contributed by atoms with Gasteiger partial charge in [-0.25, -0.2) is 4.79 Å². The zero-order valence-corrected chi connectivity index (χ0v) is 14.5. The van der Waals surface area contributed by atoms with Crippen molar-refractivity contribution < 1.29 is 14.3 Å². The van der Waals surface area contributed by atoms with E-state index in [-0.39, 0.29) is 11.9 Å². The molecule has 0 aromatic heterocycles. The van der Waals surface area contributed by atoms with Crippen LogP contribution in [0.4, 0.5) is 4.79 Å². The predicted octanol–water partition coefficient (Wildman–Crippen LogP) is 2.29. The van der Waals surface area contributed by atoms with Gasteiger partial charge in [0.25, 0.3) is 0 Å². The number of methoxy groups -OCH3 is 1. The number of urea groups is 1. The minimum Gasteiger partial charge on any atom is -0.496 e. The first-order valence-electron chi connectivity index (χ1n) is 8.50. The molecule has 0 bridgehead atoms. The van der Waals surface area contributed by atoms with Gasteiger partial charge < -0.3 is 20.3 Å². The lowest BCUT2D eigenvalue weighted by Gasteiger charge is -2.19. The number of nitrogens with zero attached hydrogens (tertiary/aromatic N) is 1. The maximum absolute atomic E-state index is 12.1. The van der Waals surface area contributed by atoms with Crippen LogP contribution in [0.5, 0.6) is 5.75 Å².